The number of rotatable bonds is 2. The smallest absolute Gasteiger partial charge is 0.168 e. The van der Waals surface area contributed by atoms with Gasteiger partial charge in [0, 0.05) is 11.7 Å². The van der Waals surface area contributed by atoms with E-state index in [2.05, 4.69) is 0 Å². The van der Waals surface area contributed by atoms with Gasteiger partial charge in [0.05, 0.1) is 0 Å². The van der Waals surface area contributed by atoms with E-state index in [9.17, 15) is 8.42 Å². The standard InChI is InChI=1S/C9H10O2S.C2H6/c1-12(10,11)8-7-9-5-3-2-4-6-9;1-2/h2-8H,1H3;1-2H3/b8-7-;. The SMILES string of the molecule is CC.CS(=O)(=O)/C=C\c1ccccc1. The first-order chi connectivity index (χ1) is 6.58. The summed E-state index contributed by atoms with van der Waals surface area (Å²) < 4.78 is 21.4. The maximum atomic E-state index is 10.7. The molecule has 0 aliphatic carbocycles. The highest BCUT2D eigenvalue weighted by atomic mass is 32.2. The molecule has 1 rings (SSSR count). The van der Waals surface area contributed by atoms with Crippen LogP contribution in [0.5, 0.6) is 0 Å². The number of sulfone groups is 1. The highest BCUT2D eigenvalue weighted by Crippen LogP contribution is 2.01. The van der Waals surface area contributed by atoms with E-state index in [-0.39, 0.29) is 0 Å². The van der Waals surface area contributed by atoms with Gasteiger partial charge in [-0.3, -0.25) is 0 Å². The molecule has 0 amide bonds. The second-order valence-electron chi connectivity index (χ2n) is 2.54. The molecule has 0 saturated carbocycles. The summed E-state index contributed by atoms with van der Waals surface area (Å²) in [6.07, 6.45) is 2.75. The Hall–Kier alpha value is -1.09. The highest BCUT2D eigenvalue weighted by molar-refractivity contribution is 7.93. The van der Waals surface area contributed by atoms with E-state index in [1.54, 1.807) is 6.08 Å². The Bertz CT molecular complexity index is 364. The average molecular weight is 212 g/mol. The predicted octanol–water partition coefficient (Wildman–Crippen LogP) is 2.73. The van der Waals surface area contributed by atoms with E-state index in [0.29, 0.717) is 0 Å². The molecule has 0 radical (unpaired) electrons. The number of hydrogen-bond donors (Lipinski definition) is 0. The molecule has 3 heteroatoms. The van der Waals surface area contributed by atoms with Gasteiger partial charge in [-0.05, 0) is 11.6 Å². The first kappa shape index (κ1) is 12.9. The molecule has 14 heavy (non-hydrogen) atoms. The molecule has 0 atom stereocenters. The van der Waals surface area contributed by atoms with Gasteiger partial charge in [-0.25, -0.2) is 8.42 Å². The molecule has 0 N–H and O–H groups in total. The number of benzene rings is 1. The van der Waals surface area contributed by atoms with E-state index in [4.69, 9.17) is 0 Å². The lowest BCUT2D eigenvalue weighted by molar-refractivity contribution is 0.610. The molecule has 2 nitrogen and oxygen atoms in total. The minimum absolute atomic E-state index is 0.892. The van der Waals surface area contributed by atoms with Crippen LogP contribution in [0.25, 0.3) is 6.08 Å². The summed E-state index contributed by atoms with van der Waals surface area (Å²) in [4.78, 5) is 0. The molecule has 0 aliphatic heterocycles. The molecule has 0 aliphatic rings. The zero-order chi connectivity index (χ0) is 11.0. The van der Waals surface area contributed by atoms with Crippen LogP contribution in [0.2, 0.25) is 0 Å². The van der Waals surface area contributed by atoms with Crippen molar-refractivity contribution in [2.24, 2.45) is 0 Å². The van der Waals surface area contributed by atoms with Crippen molar-refractivity contribution in [1.29, 1.82) is 0 Å². The fraction of sp³-hybridized carbons (Fsp3) is 0.273. The van der Waals surface area contributed by atoms with E-state index in [0.717, 1.165) is 5.56 Å². The molecule has 0 fully saturated rings. The second kappa shape index (κ2) is 6.38. The normalized spacial score (nSPS) is 10.8. The maximum absolute atomic E-state index is 10.7. The predicted molar refractivity (Wildman–Crippen MR) is 61.7 cm³/mol. The third-order valence-electron chi connectivity index (χ3n) is 1.31. The molecule has 1 aromatic carbocycles. The van der Waals surface area contributed by atoms with Crippen molar-refractivity contribution in [2.75, 3.05) is 6.26 Å². The summed E-state index contributed by atoms with van der Waals surface area (Å²) >= 11 is 0. The second-order valence-corrected chi connectivity index (χ2v) is 4.47. The van der Waals surface area contributed by atoms with Gasteiger partial charge in [-0.2, -0.15) is 0 Å². The van der Waals surface area contributed by atoms with Crippen molar-refractivity contribution < 1.29 is 8.42 Å². The van der Waals surface area contributed by atoms with Crippen molar-refractivity contribution in [1.82, 2.24) is 0 Å². The molecule has 78 valence electrons. The van der Waals surface area contributed by atoms with Crippen molar-refractivity contribution in [3.8, 4) is 0 Å². The first-order valence-corrected chi connectivity index (χ1v) is 6.46. The van der Waals surface area contributed by atoms with Crippen molar-refractivity contribution in [3.05, 3.63) is 41.3 Å². The summed E-state index contributed by atoms with van der Waals surface area (Å²) in [6, 6.07) is 9.31. The van der Waals surface area contributed by atoms with Crippen LogP contribution < -0.4 is 0 Å². The van der Waals surface area contributed by atoms with Crippen LogP contribution in [0.15, 0.2) is 35.7 Å². The van der Waals surface area contributed by atoms with Gasteiger partial charge in [-0.1, -0.05) is 44.2 Å². The molecule has 0 saturated heterocycles. The molecular weight excluding hydrogens is 196 g/mol. The third kappa shape index (κ3) is 6.43. The lowest BCUT2D eigenvalue weighted by Gasteiger charge is -1.89. The van der Waals surface area contributed by atoms with Gasteiger partial charge in [-0.15, -0.1) is 0 Å². The Balaban J connectivity index is 0.000000791. The van der Waals surface area contributed by atoms with Gasteiger partial charge in [0.15, 0.2) is 9.84 Å². The van der Waals surface area contributed by atoms with Gasteiger partial charge in [0.25, 0.3) is 0 Å². The minimum atomic E-state index is -3.00. The van der Waals surface area contributed by atoms with Crippen LogP contribution in [-0.2, 0) is 9.84 Å². The minimum Gasteiger partial charge on any atom is -0.225 e. The summed E-state index contributed by atoms with van der Waals surface area (Å²) in [5, 5.41) is 1.20. The first-order valence-electron chi connectivity index (χ1n) is 4.51. The Kier molecular flexibility index (Phi) is 5.88. The summed E-state index contributed by atoms with van der Waals surface area (Å²) in [7, 11) is -3.00. The molecule has 1 aromatic rings. The zero-order valence-electron chi connectivity index (χ0n) is 8.77. The van der Waals surface area contributed by atoms with E-state index in [1.165, 1.54) is 11.7 Å². The Morgan fingerprint density at radius 2 is 1.57 bits per heavy atom. The van der Waals surface area contributed by atoms with Gasteiger partial charge in [0.1, 0.15) is 0 Å². The third-order valence-corrected chi connectivity index (χ3v) is 1.94. The fourth-order valence-electron chi connectivity index (χ4n) is 0.766. The maximum Gasteiger partial charge on any atom is 0.168 e. The molecule has 0 aromatic heterocycles. The lowest BCUT2D eigenvalue weighted by Crippen LogP contribution is -1.87. The average Bonchev–Trinajstić information content (AvgIpc) is 2.19. The Labute approximate surface area is 86.2 Å². The van der Waals surface area contributed by atoms with Crippen molar-refractivity contribution >= 4 is 15.9 Å². The van der Waals surface area contributed by atoms with Crippen LogP contribution in [0.1, 0.15) is 19.4 Å². The van der Waals surface area contributed by atoms with Crippen LogP contribution in [-0.4, -0.2) is 14.7 Å². The molecule has 0 heterocycles. The molecule has 0 bridgehead atoms. The molecular formula is C11H16O2S. The van der Waals surface area contributed by atoms with Crippen LogP contribution in [0.4, 0.5) is 0 Å². The van der Waals surface area contributed by atoms with Gasteiger partial charge < -0.3 is 0 Å². The highest BCUT2D eigenvalue weighted by Gasteiger charge is 1.91. The van der Waals surface area contributed by atoms with Crippen molar-refractivity contribution in [2.45, 2.75) is 13.8 Å². The largest absolute Gasteiger partial charge is 0.225 e. The van der Waals surface area contributed by atoms with E-state index < -0.39 is 9.84 Å². The van der Waals surface area contributed by atoms with E-state index in [1.807, 2.05) is 44.2 Å². The van der Waals surface area contributed by atoms with Crippen LogP contribution in [0.3, 0.4) is 0 Å². The van der Waals surface area contributed by atoms with Gasteiger partial charge in [0.2, 0.25) is 0 Å². The number of hydrogen-bond acceptors (Lipinski definition) is 2. The lowest BCUT2D eigenvalue weighted by atomic mass is 10.2. The van der Waals surface area contributed by atoms with Crippen molar-refractivity contribution in [3.63, 3.8) is 0 Å². The zero-order valence-corrected chi connectivity index (χ0v) is 9.58. The van der Waals surface area contributed by atoms with Gasteiger partial charge >= 0.3 is 0 Å². The Morgan fingerprint density at radius 1 is 1.07 bits per heavy atom. The monoisotopic (exact) mass is 212 g/mol. The summed E-state index contributed by atoms with van der Waals surface area (Å²) in [6.45, 7) is 4.00. The summed E-state index contributed by atoms with van der Waals surface area (Å²) in [5.74, 6) is 0. The quantitative estimate of drug-likeness (QED) is 0.755. The van der Waals surface area contributed by atoms with Crippen LogP contribution >= 0.6 is 0 Å². The van der Waals surface area contributed by atoms with E-state index >= 15 is 0 Å². The van der Waals surface area contributed by atoms with Crippen LogP contribution in [0, 0.1) is 0 Å². The topological polar surface area (TPSA) is 34.1 Å². The molecule has 0 spiro atoms. The summed E-state index contributed by atoms with van der Waals surface area (Å²) in [5.41, 5.74) is 0.892. The fourth-order valence-corrected chi connectivity index (χ4v) is 1.17. The molecule has 0 unspecified atom stereocenters. The Morgan fingerprint density at radius 3 is 2.00 bits per heavy atom.